The van der Waals surface area contributed by atoms with Crippen LogP contribution in [0.1, 0.15) is 33.2 Å². The average Bonchev–Trinajstić information content (AvgIpc) is 2.03. The second-order valence-electron chi connectivity index (χ2n) is 2.86. The molecule has 0 saturated heterocycles. The third-order valence-electron chi connectivity index (χ3n) is 1.85. The lowest BCUT2D eigenvalue weighted by molar-refractivity contribution is 0.101. The molecule has 0 aliphatic heterocycles. The first-order valence-corrected chi connectivity index (χ1v) is 4.20. The number of hydrogen-bond acceptors (Lipinski definition) is 2. The number of aryl methyl sites for hydroxylation is 1. The maximum atomic E-state index is 11.1. The summed E-state index contributed by atoms with van der Waals surface area (Å²) in [7, 11) is 0. The van der Waals surface area contributed by atoms with Gasteiger partial charge in [0.1, 0.15) is 0 Å². The number of aldehydes is 1. The summed E-state index contributed by atoms with van der Waals surface area (Å²) < 4.78 is 0. The minimum absolute atomic E-state index is 0.0581. The molecule has 0 fully saturated rings. The molecular formula is C10H9ClO2. The number of halogens is 1. The molecule has 0 unspecified atom stereocenters. The second kappa shape index (κ2) is 3.71. The number of carbonyl (C=O) groups excluding carboxylic acids is 2. The molecule has 0 aromatic heterocycles. The Balaban J connectivity index is 3.38. The van der Waals surface area contributed by atoms with Crippen LogP contribution in [0.25, 0.3) is 0 Å². The molecule has 1 rings (SSSR count). The maximum Gasteiger partial charge on any atom is 0.160 e. The Kier molecular flexibility index (Phi) is 2.83. The number of Topliss-reactive ketones (excluding diaryl/α,β-unsaturated/α-hetero) is 1. The van der Waals surface area contributed by atoms with Crippen molar-refractivity contribution >= 4 is 23.7 Å². The van der Waals surface area contributed by atoms with Crippen molar-refractivity contribution in [2.75, 3.05) is 0 Å². The Bertz CT molecular complexity index is 369. The van der Waals surface area contributed by atoms with Crippen molar-refractivity contribution in [1.82, 2.24) is 0 Å². The van der Waals surface area contributed by atoms with E-state index in [-0.39, 0.29) is 5.78 Å². The molecule has 1 aromatic carbocycles. The first-order chi connectivity index (χ1) is 6.06. The highest BCUT2D eigenvalue weighted by Crippen LogP contribution is 2.20. The standard InChI is InChI=1S/C10H9ClO2/c1-6-3-10(11)8(5-12)4-9(6)7(2)13/h3-5H,1-2H3. The van der Waals surface area contributed by atoms with Crippen LogP contribution in [0.2, 0.25) is 5.02 Å². The van der Waals surface area contributed by atoms with Crippen molar-refractivity contribution < 1.29 is 9.59 Å². The van der Waals surface area contributed by atoms with Gasteiger partial charge in [-0.15, -0.1) is 0 Å². The van der Waals surface area contributed by atoms with Crippen LogP contribution in [0.4, 0.5) is 0 Å². The van der Waals surface area contributed by atoms with E-state index in [2.05, 4.69) is 0 Å². The minimum Gasteiger partial charge on any atom is -0.298 e. The van der Waals surface area contributed by atoms with E-state index < -0.39 is 0 Å². The first kappa shape index (κ1) is 9.93. The van der Waals surface area contributed by atoms with Gasteiger partial charge in [-0.05, 0) is 31.5 Å². The highest BCUT2D eigenvalue weighted by Gasteiger charge is 2.08. The zero-order valence-electron chi connectivity index (χ0n) is 7.43. The van der Waals surface area contributed by atoms with Crippen molar-refractivity contribution in [3.05, 3.63) is 33.8 Å². The van der Waals surface area contributed by atoms with E-state index in [0.717, 1.165) is 5.56 Å². The lowest BCUT2D eigenvalue weighted by Gasteiger charge is -2.04. The van der Waals surface area contributed by atoms with Crippen molar-refractivity contribution in [2.24, 2.45) is 0 Å². The Morgan fingerprint density at radius 2 is 2.08 bits per heavy atom. The third-order valence-corrected chi connectivity index (χ3v) is 2.18. The third kappa shape index (κ3) is 1.95. The summed E-state index contributed by atoms with van der Waals surface area (Å²) in [6, 6.07) is 3.15. The highest BCUT2D eigenvalue weighted by molar-refractivity contribution is 6.33. The van der Waals surface area contributed by atoms with Crippen molar-refractivity contribution in [3.8, 4) is 0 Å². The largest absolute Gasteiger partial charge is 0.298 e. The molecular weight excluding hydrogens is 188 g/mol. The molecule has 0 bridgehead atoms. The Labute approximate surface area is 81.5 Å². The van der Waals surface area contributed by atoms with Crippen LogP contribution in [-0.4, -0.2) is 12.1 Å². The van der Waals surface area contributed by atoms with Crippen molar-refractivity contribution in [1.29, 1.82) is 0 Å². The van der Waals surface area contributed by atoms with Crippen LogP contribution in [-0.2, 0) is 0 Å². The number of carbonyl (C=O) groups is 2. The van der Waals surface area contributed by atoms with Gasteiger partial charge in [0.05, 0.1) is 5.02 Å². The maximum absolute atomic E-state index is 11.1. The van der Waals surface area contributed by atoms with Gasteiger partial charge in [0.15, 0.2) is 12.1 Å². The van der Waals surface area contributed by atoms with Gasteiger partial charge in [-0.2, -0.15) is 0 Å². The molecule has 0 amide bonds. The van der Waals surface area contributed by atoms with Crippen LogP contribution < -0.4 is 0 Å². The molecule has 1 aromatic rings. The average molecular weight is 197 g/mol. The van der Waals surface area contributed by atoms with Crippen molar-refractivity contribution in [3.63, 3.8) is 0 Å². The summed E-state index contributed by atoms with van der Waals surface area (Å²) in [5.41, 5.74) is 1.70. The van der Waals surface area contributed by atoms with Crippen LogP contribution >= 0.6 is 11.6 Å². The fourth-order valence-electron chi connectivity index (χ4n) is 1.16. The molecule has 3 heteroatoms. The molecule has 0 N–H and O–H groups in total. The van der Waals surface area contributed by atoms with Crippen LogP contribution in [0.15, 0.2) is 12.1 Å². The molecule has 0 saturated carbocycles. The summed E-state index contributed by atoms with van der Waals surface area (Å²) in [6.07, 6.45) is 0.647. The second-order valence-corrected chi connectivity index (χ2v) is 3.27. The molecule has 68 valence electrons. The van der Waals surface area contributed by atoms with Gasteiger partial charge < -0.3 is 0 Å². The van der Waals surface area contributed by atoms with E-state index in [0.29, 0.717) is 22.4 Å². The summed E-state index contributed by atoms with van der Waals surface area (Å²) >= 11 is 5.76. The van der Waals surface area contributed by atoms with Gasteiger partial charge in [0, 0.05) is 11.1 Å². The summed E-state index contributed by atoms with van der Waals surface area (Å²) in [5.74, 6) is -0.0581. The van der Waals surface area contributed by atoms with E-state index in [1.165, 1.54) is 13.0 Å². The van der Waals surface area contributed by atoms with E-state index in [9.17, 15) is 9.59 Å². The van der Waals surface area contributed by atoms with E-state index in [4.69, 9.17) is 11.6 Å². The number of hydrogen-bond donors (Lipinski definition) is 0. The van der Waals surface area contributed by atoms with Gasteiger partial charge in [-0.25, -0.2) is 0 Å². The Morgan fingerprint density at radius 3 is 2.54 bits per heavy atom. The van der Waals surface area contributed by atoms with E-state index >= 15 is 0 Å². The quantitative estimate of drug-likeness (QED) is 0.538. The lowest BCUT2D eigenvalue weighted by Crippen LogP contribution is -1.98. The van der Waals surface area contributed by atoms with Gasteiger partial charge in [-0.1, -0.05) is 11.6 Å². The summed E-state index contributed by atoms with van der Waals surface area (Å²) in [6.45, 7) is 3.25. The normalized spacial score (nSPS) is 9.77. The number of benzene rings is 1. The van der Waals surface area contributed by atoms with Gasteiger partial charge in [-0.3, -0.25) is 9.59 Å². The van der Waals surface area contributed by atoms with Crippen LogP contribution in [0, 0.1) is 6.92 Å². The molecule has 0 aliphatic rings. The predicted molar refractivity (Wildman–Crippen MR) is 51.6 cm³/mol. The zero-order chi connectivity index (χ0) is 10.0. The molecule has 0 radical (unpaired) electrons. The fourth-order valence-corrected chi connectivity index (χ4v) is 1.42. The number of rotatable bonds is 2. The van der Waals surface area contributed by atoms with E-state index in [1.54, 1.807) is 13.0 Å². The van der Waals surface area contributed by atoms with E-state index in [1.807, 2.05) is 0 Å². The molecule has 0 atom stereocenters. The predicted octanol–water partition coefficient (Wildman–Crippen LogP) is 2.66. The molecule has 0 heterocycles. The van der Waals surface area contributed by atoms with Crippen LogP contribution in [0.5, 0.6) is 0 Å². The Morgan fingerprint density at radius 1 is 1.46 bits per heavy atom. The van der Waals surface area contributed by atoms with Gasteiger partial charge in [0.25, 0.3) is 0 Å². The lowest BCUT2D eigenvalue weighted by atomic mass is 10.0. The minimum atomic E-state index is -0.0581. The zero-order valence-corrected chi connectivity index (χ0v) is 8.18. The monoisotopic (exact) mass is 196 g/mol. The summed E-state index contributed by atoms with van der Waals surface area (Å²) in [4.78, 5) is 21.6. The Hall–Kier alpha value is -1.15. The fraction of sp³-hybridized carbons (Fsp3) is 0.200. The highest BCUT2D eigenvalue weighted by atomic mass is 35.5. The molecule has 2 nitrogen and oxygen atoms in total. The van der Waals surface area contributed by atoms with Gasteiger partial charge >= 0.3 is 0 Å². The topological polar surface area (TPSA) is 34.1 Å². The SMILES string of the molecule is CC(=O)c1cc(C=O)c(Cl)cc1C. The summed E-state index contributed by atoms with van der Waals surface area (Å²) in [5, 5.41) is 0.387. The van der Waals surface area contributed by atoms with Gasteiger partial charge in [0.2, 0.25) is 0 Å². The smallest absolute Gasteiger partial charge is 0.160 e. The molecule has 0 spiro atoms. The first-order valence-electron chi connectivity index (χ1n) is 3.82. The van der Waals surface area contributed by atoms with Crippen molar-refractivity contribution in [2.45, 2.75) is 13.8 Å². The molecule has 0 aliphatic carbocycles. The van der Waals surface area contributed by atoms with Crippen LogP contribution in [0.3, 0.4) is 0 Å². The number of ketones is 1. The molecule has 13 heavy (non-hydrogen) atoms.